The summed E-state index contributed by atoms with van der Waals surface area (Å²) in [6.45, 7) is 3.29. The van der Waals surface area contributed by atoms with Gasteiger partial charge in [0.2, 0.25) is 5.56 Å². The Bertz CT molecular complexity index is 308. The Kier molecular flexibility index (Phi) is 3.67. The van der Waals surface area contributed by atoms with E-state index < -0.39 is 0 Å². The van der Waals surface area contributed by atoms with Crippen molar-refractivity contribution in [3.05, 3.63) is 34.2 Å². The molecule has 1 heterocycles. The monoisotopic (exact) mass is 181 g/mol. The summed E-state index contributed by atoms with van der Waals surface area (Å²) in [5.41, 5.74) is 6.34. The van der Waals surface area contributed by atoms with E-state index >= 15 is 0 Å². The number of hydrogen-bond acceptors (Lipinski definition) is 3. The van der Waals surface area contributed by atoms with Crippen LogP contribution in [0.15, 0.2) is 23.1 Å². The Morgan fingerprint density at radius 3 is 3.08 bits per heavy atom. The molecule has 0 saturated carbocycles. The molecule has 1 aromatic heterocycles. The Balaban J connectivity index is 2.50. The summed E-state index contributed by atoms with van der Waals surface area (Å²) in [4.78, 5) is 13.5. The molecule has 72 valence electrons. The van der Waals surface area contributed by atoms with Crippen molar-refractivity contribution in [3.63, 3.8) is 0 Å². The summed E-state index contributed by atoms with van der Waals surface area (Å²) in [6.07, 6.45) is 1.65. The first-order valence-corrected chi connectivity index (χ1v) is 4.33. The summed E-state index contributed by atoms with van der Waals surface area (Å²) in [6, 6.07) is 3.73. The number of nitrogens with two attached hydrogens (primary N) is 1. The van der Waals surface area contributed by atoms with Gasteiger partial charge in [0.05, 0.1) is 0 Å². The van der Waals surface area contributed by atoms with Gasteiger partial charge in [-0.15, -0.1) is 0 Å². The van der Waals surface area contributed by atoms with E-state index in [1.165, 1.54) is 0 Å². The SMILES string of the molecule is C[C@@H](CN)NCc1cc[nH]c(=O)c1. The van der Waals surface area contributed by atoms with Crippen molar-refractivity contribution in [2.24, 2.45) is 5.73 Å². The maximum Gasteiger partial charge on any atom is 0.248 e. The highest BCUT2D eigenvalue weighted by Crippen LogP contribution is 1.92. The fourth-order valence-electron chi connectivity index (χ4n) is 0.974. The normalized spacial score (nSPS) is 12.8. The summed E-state index contributed by atoms with van der Waals surface area (Å²) in [5, 5.41) is 3.20. The lowest BCUT2D eigenvalue weighted by Crippen LogP contribution is -2.32. The van der Waals surface area contributed by atoms with Gasteiger partial charge in [-0.05, 0) is 18.6 Å². The van der Waals surface area contributed by atoms with Crippen molar-refractivity contribution >= 4 is 0 Å². The third-order valence-corrected chi connectivity index (χ3v) is 1.85. The molecule has 0 aromatic carbocycles. The largest absolute Gasteiger partial charge is 0.329 e. The van der Waals surface area contributed by atoms with E-state index in [4.69, 9.17) is 5.73 Å². The first-order valence-electron chi connectivity index (χ1n) is 4.33. The summed E-state index contributed by atoms with van der Waals surface area (Å²) in [5.74, 6) is 0. The molecule has 0 aliphatic heterocycles. The van der Waals surface area contributed by atoms with Crippen LogP contribution in [0, 0.1) is 0 Å². The molecule has 0 unspecified atom stereocenters. The molecular weight excluding hydrogens is 166 g/mol. The van der Waals surface area contributed by atoms with E-state index in [1.807, 2.05) is 13.0 Å². The second-order valence-corrected chi connectivity index (χ2v) is 3.08. The lowest BCUT2D eigenvalue weighted by Gasteiger charge is -2.10. The van der Waals surface area contributed by atoms with Crippen molar-refractivity contribution in [2.45, 2.75) is 19.5 Å². The van der Waals surface area contributed by atoms with Crippen LogP contribution in [0.1, 0.15) is 12.5 Å². The number of rotatable bonds is 4. The van der Waals surface area contributed by atoms with Crippen molar-refractivity contribution in [2.75, 3.05) is 6.54 Å². The zero-order chi connectivity index (χ0) is 9.68. The highest BCUT2D eigenvalue weighted by Gasteiger charge is 1.98. The number of aromatic amines is 1. The first-order chi connectivity index (χ1) is 6.22. The molecule has 0 amide bonds. The molecule has 4 heteroatoms. The zero-order valence-electron chi connectivity index (χ0n) is 7.71. The Hall–Kier alpha value is -1.13. The van der Waals surface area contributed by atoms with E-state index in [2.05, 4.69) is 10.3 Å². The van der Waals surface area contributed by atoms with Crippen LogP contribution in [0.25, 0.3) is 0 Å². The van der Waals surface area contributed by atoms with Gasteiger partial charge in [-0.3, -0.25) is 4.79 Å². The third-order valence-electron chi connectivity index (χ3n) is 1.85. The average molecular weight is 181 g/mol. The molecule has 0 spiro atoms. The summed E-state index contributed by atoms with van der Waals surface area (Å²) >= 11 is 0. The van der Waals surface area contributed by atoms with Crippen molar-refractivity contribution in [1.82, 2.24) is 10.3 Å². The van der Waals surface area contributed by atoms with E-state index in [-0.39, 0.29) is 11.6 Å². The number of pyridine rings is 1. The minimum Gasteiger partial charge on any atom is -0.329 e. The average Bonchev–Trinajstić information content (AvgIpc) is 2.14. The number of H-pyrrole nitrogens is 1. The Labute approximate surface area is 77.2 Å². The fourth-order valence-corrected chi connectivity index (χ4v) is 0.974. The lowest BCUT2D eigenvalue weighted by atomic mass is 10.2. The van der Waals surface area contributed by atoms with Crippen LogP contribution in [-0.4, -0.2) is 17.6 Å². The minimum atomic E-state index is -0.0697. The van der Waals surface area contributed by atoms with Gasteiger partial charge < -0.3 is 16.0 Å². The van der Waals surface area contributed by atoms with Gasteiger partial charge in [0.15, 0.2) is 0 Å². The maximum absolute atomic E-state index is 10.9. The van der Waals surface area contributed by atoms with E-state index in [0.717, 1.165) is 5.56 Å². The molecule has 0 saturated heterocycles. The van der Waals surface area contributed by atoms with Crippen LogP contribution in [0.4, 0.5) is 0 Å². The number of aromatic nitrogens is 1. The second-order valence-electron chi connectivity index (χ2n) is 3.08. The second kappa shape index (κ2) is 4.79. The zero-order valence-corrected chi connectivity index (χ0v) is 7.71. The third kappa shape index (κ3) is 3.40. The molecule has 1 aromatic rings. The van der Waals surface area contributed by atoms with Crippen LogP contribution >= 0.6 is 0 Å². The van der Waals surface area contributed by atoms with E-state index in [1.54, 1.807) is 12.3 Å². The van der Waals surface area contributed by atoms with Crippen LogP contribution < -0.4 is 16.6 Å². The standard InChI is InChI=1S/C9H15N3O/c1-7(5-10)12-6-8-2-3-11-9(13)4-8/h2-4,7,12H,5-6,10H2,1H3,(H,11,13)/t7-/m0/s1. The quantitative estimate of drug-likeness (QED) is 0.603. The number of hydrogen-bond donors (Lipinski definition) is 3. The van der Waals surface area contributed by atoms with E-state index in [9.17, 15) is 4.79 Å². The van der Waals surface area contributed by atoms with Crippen molar-refractivity contribution in [1.29, 1.82) is 0 Å². The van der Waals surface area contributed by atoms with Gasteiger partial charge in [0.1, 0.15) is 0 Å². The lowest BCUT2D eigenvalue weighted by molar-refractivity contribution is 0.556. The molecule has 1 rings (SSSR count). The minimum absolute atomic E-state index is 0.0697. The van der Waals surface area contributed by atoms with E-state index in [0.29, 0.717) is 13.1 Å². The fraction of sp³-hybridized carbons (Fsp3) is 0.444. The van der Waals surface area contributed by atoms with Gasteiger partial charge >= 0.3 is 0 Å². The molecule has 1 atom stereocenters. The first kappa shape index (κ1) is 9.95. The Morgan fingerprint density at radius 2 is 2.46 bits per heavy atom. The molecule has 0 aliphatic carbocycles. The highest BCUT2D eigenvalue weighted by atomic mass is 16.1. The molecule has 0 fully saturated rings. The molecular formula is C9H15N3O. The van der Waals surface area contributed by atoms with Crippen molar-refractivity contribution in [3.8, 4) is 0 Å². The summed E-state index contributed by atoms with van der Waals surface area (Å²) in [7, 11) is 0. The topological polar surface area (TPSA) is 70.9 Å². The molecule has 4 nitrogen and oxygen atoms in total. The predicted molar refractivity (Wildman–Crippen MR) is 52.4 cm³/mol. The van der Waals surface area contributed by atoms with Gasteiger partial charge in [-0.1, -0.05) is 0 Å². The molecule has 0 radical (unpaired) electrons. The van der Waals surface area contributed by atoms with Gasteiger partial charge in [0.25, 0.3) is 0 Å². The van der Waals surface area contributed by atoms with Gasteiger partial charge in [-0.25, -0.2) is 0 Å². The predicted octanol–water partition coefficient (Wildman–Crippen LogP) is -0.188. The Morgan fingerprint density at radius 1 is 1.69 bits per heavy atom. The highest BCUT2D eigenvalue weighted by molar-refractivity contribution is 5.09. The van der Waals surface area contributed by atoms with Gasteiger partial charge in [-0.2, -0.15) is 0 Å². The van der Waals surface area contributed by atoms with Crippen molar-refractivity contribution < 1.29 is 0 Å². The van der Waals surface area contributed by atoms with Gasteiger partial charge in [0, 0.05) is 31.4 Å². The molecule has 0 bridgehead atoms. The summed E-state index contributed by atoms with van der Waals surface area (Å²) < 4.78 is 0. The maximum atomic E-state index is 10.9. The van der Waals surface area contributed by atoms with Crippen LogP contribution in [0.5, 0.6) is 0 Å². The smallest absolute Gasteiger partial charge is 0.248 e. The molecule has 13 heavy (non-hydrogen) atoms. The van der Waals surface area contributed by atoms with Crippen LogP contribution in [0.2, 0.25) is 0 Å². The van der Waals surface area contributed by atoms with Crippen LogP contribution in [0.3, 0.4) is 0 Å². The van der Waals surface area contributed by atoms with Crippen LogP contribution in [-0.2, 0) is 6.54 Å². The molecule has 0 aliphatic rings. The number of nitrogens with one attached hydrogen (secondary N) is 2. The molecule has 4 N–H and O–H groups in total.